The SMILES string of the molecule is O[C@@]1(c2ccccc2)CCC[C@@H]1NCc1ccccc1. The highest BCUT2D eigenvalue weighted by Gasteiger charge is 2.42. The van der Waals surface area contributed by atoms with Crippen molar-refractivity contribution in [2.24, 2.45) is 0 Å². The van der Waals surface area contributed by atoms with Gasteiger partial charge in [-0.2, -0.15) is 0 Å². The van der Waals surface area contributed by atoms with E-state index in [4.69, 9.17) is 0 Å². The molecule has 1 fully saturated rings. The van der Waals surface area contributed by atoms with Gasteiger partial charge in [-0.1, -0.05) is 60.7 Å². The van der Waals surface area contributed by atoms with Crippen molar-refractivity contribution >= 4 is 0 Å². The van der Waals surface area contributed by atoms with Crippen LogP contribution in [0.4, 0.5) is 0 Å². The highest BCUT2D eigenvalue weighted by molar-refractivity contribution is 5.26. The van der Waals surface area contributed by atoms with E-state index >= 15 is 0 Å². The molecule has 0 aliphatic heterocycles. The minimum Gasteiger partial charge on any atom is -0.384 e. The van der Waals surface area contributed by atoms with Crippen molar-refractivity contribution in [2.75, 3.05) is 0 Å². The Morgan fingerprint density at radius 3 is 2.35 bits per heavy atom. The average molecular weight is 267 g/mol. The largest absolute Gasteiger partial charge is 0.384 e. The number of rotatable bonds is 4. The van der Waals surface area contributed by atoms with E-state index < -0.39 is 5.60 Å². The van der Waals surface area contributed by atoms with Crippen LogP contribution in [-0.4, -0.2) is 11.1 Å². The van der Waals surface area contributed by atoms with Crippen LogP contribution in [0, 0.1) is 0 Å². The summed E-state index contributed by atoms with van der Waals surface area (Å²) in [6, 6.07) is 20.5. The zero-order valence-corrected chi connectivity index (χ0v) is 11.6. The standard InChI is InChI=1S/C18H21NO/c20-18(16-10-5-2-6-11-16)13-7-12-17(18)19-14-15-8-3-1-4-9-15/h1-6,8-11,17,19-20H,7,12-14H2/t17-,18+/m0/s1. The molecule has 2 heteroatoms. The Morgan fingerprint density at radius 1 is 1.00 bits per heavy atom. The zero-order chi connectivity index (χ0) is 13.8. The van der Waals surface area contributed by atoms with Crippen molar-refractivity contribution in [2.45, 2.75) is 37.5 Å². The van der Waals surface area contributed by atoms with Gasteiger partial charge in [-0.3, -0.25) is 0 Å². The number of hydrogen-bond acceptors (Lipinski definition) is 2. The Morgan fingerprint density at radius 2 is 1.65 bits per heavy atom. The maximum Gasteiger partial charge on any atom is 0.105 e. The maximum absolute atomic E-state index is 11.0. The van der Waals surface area contributed by atoms with Crippen molar-refractivity contribution < 1.29 is 5.11 Å². The molecule has 0 unspecified atom stereocenters. The Kier molecular flexibility index (Phi) is 3.86. The molecule has 1 aliphatic rings. The lowest BCUT2D eigenvalue weighted by atomic mass is 9.88. The second-order valence-electron chi connectivity index (χ2n) is 5.60. The first-order chi connectivity index (χ1) is 9.79. The predicted octanol–water partition coefficient (Wildman–Crippen LogP) is 3.22. The molecular formula is C18H21NO. The Hall–Kier alpha value is -1.64. The van der Waals surface area contributed by atoms with E-state index in [1.807, 2.05) is 36.4 Å². The molecule has 0 spiro atoms. The summed E-state index contributed by atoms with van der Waals surface area (Å²) in [6.07, 6.45) is 2.93. The van der Waals surface area contributed by atoms with Gasteiger partial charge in [0.05, 0.1) is 0 Å². The fourth-order valence-corrected chi connectivity index (χ4v) is 3.17. The van der Waals surface area contributed by atoms with Crippen LogP contribution < -0.4 is 5.32 Å². The Labute approximate surface area is 120 Å². The Bertz CT molecular complexity index is 540. The number of benzene rings is 2. The lowest BCUT2D eigenvalue weighted by Crippen LogP contribution is -2.44. The molecule has 3 rings (SSSR count). The average Bonchev–Trinajstić information content (AvgIpc) is 2.89. The van der Waals surface area contributed by atoms with Crippen LogP contribution in [0.25, 0.3) is 0 Å². The molecule has 20 heavy (non-hydrogen) atoms. The van der Waals surface area contributed by atoms with Crippen LogP contribution in [0.2, 0.25) is 0 Å². The summed E-state index contributed by atoms with van der Waals surface area (Å²) in [5.41, 5.74) is 1.56. The molecular weight excluding hydrogens is 246 g/mol. The van der Waals surface area contributed by atoms with Gasteiger partial charge in [-0.25, -0.2) is 0 Å². The molecule has 2 aromatic carbocycles. The van der Waals surface area contributed by atoms with Crippen LogP contribution >= 0.6 is 0 Å². The second kappa shape index (κ2) is 5.78. The maximum atomic E-state index is 11.0. The van der Waals surface area contributed by atoms with E-state index in [1.165, 1.54) is 5.56 Å². The normalized spacial score (nSPS) is 25.8. The van der Waals surface area contributed by atoms with E-state index in [2.05, 4.69) is 29.6 Å². The molecule has 104 valence electrons. The molecule has 2 atom stereocenters. The third-order valence-electron chi connectivity index (χ3n) is 4.30. The molecule has 0 heterocycles. The van der Waals surface area contributed by atoms with Gasteiger partial charge < -0.3 is 10.4 Å². The molecule has 0 saturated heterocycles. The summed E-state index contributed by atoms with van der Waals surface area (Å²) in [5, 5.41) is 14.6. The molecule has 0 amide bonds. The number of nitrogens with one attached hydrogen (secondary N) is 1. The summed E-state index contributed by atoms with van der Waals surface area (Å²) in [5.74, 6) is 0. The van der Waals surface area contributed by atoms with Crippen LogP contribution in [0.5, 0.6) is 0 Å². The molecule has 0 radical (unpaired) electrons. The molecule has 2 aromatic rings. The van der Waals surface area contributed by atoms with Gasteiger partial charge in [0.2, 0.25) is 0 Å². The molecule has 1 saturated carbocycles. The van der Waals surface area contributed by atoms with Gasteiger partial charge in [-0.15, -0.1) is 0 Å². The van der Waals surface area contributed by atoms with Crippen LogP contribution in [0.3, 0.4) is 0 Å². The Balaban J connectivity index is 1.73. The van der Waals surface area contributed by atoms with Gasteiger partial charge >= 0.3 is 0 Å². The predicted molar refractivity (Wildman–Crippen MR) is 81.3 cm³/mol. The summed E-state index contributed by atoms with van der Waals surface area (Å²) in [6.45, 7) is 0.806. The molecule has 2 N–H and O–H groups in total. The van der Waals surface area contributed by atoms with Crippen molar-refractivity contribution in [3.63, 3.8) is 0 Å². The van der Waals surface area contributed by atoms with E-state index in [9.17, 15) is 5.11 Å². The minimum absolute atomic E-state index is 0.130. The lowest BCUT2D eigenvalue weighted by molar-refractivity contribution is 0.0155. The highest BCUT2D eigenvalue weighted by Crippen LogP contribution is 2.38. The summed E-state index contributed by atoms with van der Waals surface area (Å²) >= 11 is 0. The first-order valence-corrected chi connectivity index (χ1v) is 7.34. The molecule has 0 bridgehead atoms. The quantitative estimate of drug-likeness (QED) is 0.891. The zero-order valence-electron chi connectivity index (χ0n) is 11.6. The second-order valence-corrected chi connectivity index (χ2v) is 5.60. The van der Waals surface area contributed by atoms with Gasteiger partial charge in [0.1, 0.15) is 5.60 Å². The summed E-state index contributed by atoms with van der Waals surface area (Å²) in [7, 11) is 0. The first kappa shape index (κ1) is 13.3. The van der Waals surface area contributed by atoms with E-state index in [-0.39, 0.29) is 6.04 Å². The third-order valence-corrected chi connectivity index (χ3v) is 4.30. The fraction of sp³-hybridized carbons (Fsp3) is 0.333. The van der Waals surface area contributed by atoms with Crippen molar-refractivity contribution in [1.29, 1.82) is 0 Å². The fourth-order valence-electron chi connectivity index (χ4n) is 3.17. The van der Waals surface area contributed by atoms with Gasteiger partial charge in [0.15, 0.2) is 0 Å². The first-order valence-electron chi connectivity index (χ1n) is 7.34. The lowest BCUT2D eigenvalue weighted by Gasteiger charge is -2.31. The molecule has 2 nitrogen and oxygen atoms in total. The molecule has 1 aliphatic carbocycles. The summed E-state index contributed by atoms with van der Waals surface area (Å²) < 4.78 is 0. The topological polar surface area (TPSA) is 32.3 Å². The van der Waals surface area contributed by atoms with Crippen LogP contribution in [0.1, 0.15) is 30.4 Å². The van der Waals surface area contributed by atoms with Gasteiger partial charge in [0.25, 0.3) is 0 Å². The van der Waals surface area contributed by atoms with E-state index in [0.717, 1.165) is 31.4 Å². The molecule has 0 aromatic heterocycles. The van der Waals surface area contributed by atoms with Crippen LogP contribution in [0.15, 0.2) is 60.7 Å². The third kappa shape index (κ3) is 2.62. The minimum atomic E-state index is -0.726. The summed E-state index contributed by atoms with van der Waals surface area (Å²) in [4.78, 5) is 0. The van der Waals surface area contributed by atoms with Crippen LogP contribution in [-0.2, 0) is 12.1 Å². The number of aliphatic hydroxyl groups is 1. The smallest absolute Gasteiger partial charge is 0.105 e. The van der Waals surface area contributed by atoms with Crippen molar-refractivity contribution in [1.82, 2.24) is 5.32 Å². The van der Waals surface area contributed by atoms with E-state index in [0.29, 0.717) is 0 Å². The van der Waals surface area contributed by atoms with Gasteiger partial charge in [-0.05, 0) is 30.4 Å². The number of hydrogen-bond donors (Lipinski definition) is 2. The highest BCUT2D eigenvalue weighted by atomic mass is 16.3. The van der Waals surface area contributed by atoms with Gasteiger partial charge in [0, 0.05) is 12.6 Å². The van der Waals surface area contributed by atoms with E-state index in [1.54, 1.807) is 0 Å². The van der Waals surface area contributed by atoms with Crippen molar-refractivity contribution in [3.8, 4) is 0 Å². The van der Waals surface area contributed by atoms with Crippen molar-refractivity contribution in [3.05, 3.63) is 71.8 Å². The monoisotopic (exact) mass is 267 g/mol.